The number of primary amides is 1. The highest BCUT2D eigenvalue weighted by Crippen LogP contribution is 2.23. The molecule has 0 aliphatic carbocycles. The maximum atomic E-state index is 11.2. The van der Waals surface area contributed by atoms with Gasteiger partial charge in [-0.2, -0.15) is 0 Å². The Kier molecular flexibility index (Phi) is 8.61. The van der Waals surface area contributed by atoms with Crippen LogP contribution < -0.4 is 5.73 Å². The number of ether oxygens (including phenoxy) is 2. The van der Waals surface area contributed by atoms with E-state index in [1.54, 1.807) is 24.3 Å². The summed E-state index contributed by atoms with van der Waals surface area (Å²) in [6, 6.07) is 7.04. The molecule has 0 saturated heterocycles. The summed E-state index contributed by atoms with van der Waals surface area (Å²) in [6.45, 7) is 4.00. The van der Waals surface area contributed by atoms with Gasteiger partial charge in [0, 0.05) is 4.47 Å². The molecule has 0 saturated carbocycles. The fourth-order valence-corrected chi connectivity index (χ4v) is 1.54. The third-order valence-electron chi connectivity index (χ3n) is 2.08. The van der Waals surface area contributed by atoms with Gasteiger partial charge < -0.3 is 15.2 Å². The number of hydrogen-bond acceptors (Lipinski definition) is 4. The van der Waals surface area contributed by atoms with Gasteiger partial charge in [0.25, 0.3) is 0 Å². The Labute approximate surface area is 121 Å². The van der Waals surface area contributed by atoms with E-state index < -0.39 is 18.2 Å². The van der Waals surface area contributed by atoms with Gasteiger partial charge in [0.05, 0.1) is 13.5 Å². The Bertz CT molecular complexity index is 406. The summed E-state index contributed by atoms with van der Waals surface area (Å²) < 4.78 is 10.3. The van der Waals surface area contributed by atoms with Crippen LogP contribution in [0.15, 0.2) is 28.7 Å². The van der Waals surface area contributed by atoms with E-state index in [1.807, 2.05) is 13.8 Å². The second-order valence-corrected chi connectivity index (χ2v) is 4.17. The van der Waals surface area contributed by atoms with E-state index in [4.69, 9.17) is 10.5 Å². The number of hydrogen-bond donors (Lipinski definition) is 1. The van der Waals surface area contributed by atoms with E-state index in [0.29, 0.717) is 5.56 Å². The average Bonchev–Trinajstić information content (AvgIpc) is 2.40. The minimum Gasteiger partial charge on any atom is -0.469 e. The van der Waals surface area contributed by atoms with Crippen molar-refractivity contribution < 1.29 is 19.1 Å². The summed E-state index contributed by atoms with van der Waals surface area (Å²) in [4.78, 5) is 21.9. The number of esters is 1. The quantitative estimate of drug-likeness (QED) is 0.859. The minimum absolute atomic E-state index is 0.0684. The molecule has 0 fully saturated rings. The summed E-state index contributed by atoms with van der Waals surface area (Å²) in [7, 11) is 1.27. The molecular weight excluding hydrogens is 314 g/mol. The first-order chi connectivity index (χ1) is 9.02. The lowest BCUT2D eigenvalue weighted by atomic mass is 10.1. The molecule has 2 N–H and O–H groups in total. The standard InChI is InChI=1S/C11H12BrNO4.C2H6/c1-16-10(14)6-9(17-11(13)15)7-2-4-8(12)5-3-7;1-2/h2-5,9H,6H2,1H3,(H2,13,15);1-2H3. The fraction of sp³-hybridized carbons (Fsp3) is 0.385. The maximum Gasteiger partial charge on any atom is 0.405 e. The number of methoxy groups -OCH3 is 1. The van der Waals surface area contributed by atoms with E-state index in [0.717, 1.165) is 4.47 Å². The lowest BCUT2D eigenvalue weighted by Crippen LogP contribution is -2.20. The molecule has 0 aliphatic rings. The first-order valence-electron chi connectivity index (χ1n) is 5.81. The first-order valence-corrected chi connectivity index (χ1v) is 6.60. The van der Waals surface area contributed by atoms with E-state index in [1.165, 1.54) is 7.11 Å². The highest BCUT2D eigenvalue weighted by Gasteiger charge is 2.19. The molecule has 1 amide bonds. The third-order valence-corrected chi connectivity index (χ3v) is 2.61. The van der Waals surface area contributed by atoms with Gasteiger partial charge in [-0.3, -0.25) is 4.79 Å². The Morgan fingerprint density at radius 1 is 1.26 bits per heavy atom. The highest BCUT2D eigenvalue weighted by molar-refractivity contribution is 9.10. The minimum atomic E-state index is -0.929. The average molecular weight is 332 g/mol. The van der Waals surface area contributed by atoms with Crippen LogP contribution >= 0.6 is 15.9 Å². The number of amides is 1. The second kappa shape index (κ2) is 9.38. The van der Waals surface area contributed by atoms with Crippen molar-refractivity contribution in [2.45, 2.75) is 26.4 Å². The topological polar surface area (TPSA) is 78.6 Å². The van der Waals surface area contributed by atoms with Gasteiger partial charge in [0.15, 0.2) is 0 Å². The van der Waals surface area contributed by atoms with Crippen molar-refractivity contribution in [2.24, 2.45) is 5.73 Å². The lowest BCUT2D eigenvalue weighted by molar-refractivity contribution is -0.142. The van der Waals surface area contributed by atoms with Gasteiger partial charge in [-0.25, -0.2) is 4.79 Å². The van der Waals surface area contributed by atoms with E-state index in [9.17, 15) is 9.59 Å². The molecule has 1 rings (SSSR count). The van der Waals surface area contributed by atoms with Gasteiger partial charge in [0.1, 0.15) is 6.10 Å². The van der Waals surface area contributed by atoms with Crippen LogP contribution in [-0.4, -0.2) is 19.2 Å². The van der Waals surface area contributed by atoms with Crippen molar-refractivity contribution in [1.82, 2.24) is 0 Å². The van der Waals surface area contributed by atoms with E-state index >= 15 is 0 Å². The molecule has 0 aromatic heterocycles. The Balaban J connectivity index is 0.00000154. The van der Waals surface area contributed by atoms with Crippen molar-refractivity contribution in [1.29, 1.82) is 0 Å². The summed E-state index contributed by atoms with van der Waals surface area (Å²) in [5, 5.41) is 0. The normalized spacial score (nSPS) is 10.7. The summed E-state index contributed by atoms with van der Waals surface area (Å²) in [5.41, 5.74) is 5.63. The predicted octanol–water partition coefficient (Wildman–Crippen LogP) is 3.17. The van der Waals surface area contributed by atoms with Crippen LogP contribution in [0.1, 0.15) is 31.9 Å². The van der Waals surface area contributed by atoms with Crippen LogP contribution in [0.4, 0.5) is 4.79 Å². The molecule has 1 aromatic rings. The fourth-order valence-electron chi connectivity index (χ4n) is 1.28. The van der Waals surface area contributed by atoms with Crippen LogP contribution in [0.2, 0.25) is 0 Å². The SMILES string of the molecule is CC.COC(=O)CC(OC(N)=O)c1ccc(Br)cc1. The molecule has 1 aromatic carbocycles. The Morgan fingerprint density at radius 2 is 1.79 bits per heavy atom. The van der Waals surface area contributed by atoms with Crippen LogP contribution in [0.25, 0.3) is 0 Å². The highest BCUT2D eigenvalue weighted by atomic mass is 79.9. The van der Waals surface area contributed by atoms with Gasteiger partial charge in [-0.05, 0) is 17.7 Å². The number of rotatable bonds is 4. The zero-order valence-electron chi connectivity index (χ0n) is 11.2. The summed E-state index contributed by atoms with van der Waals surface area (Å²) >= 11 is 3.29. The summed E-state index contributed by atoms with van der Waals surface area (Å²) in [6.07, 6.45) is -1.73. The summed E-state index contributed by atoms with van der Waals surface area (Å²) in [5.74, 6) is -0.473. The first kappa shape index (κ1) is 17.4. The molecular formula is C13H18BrNO4. The van der Waals surface area contributed by atoms with Crippen molar-refractivity contribution in [3.63, 3.8) is 0 Å². The van der Waals surface area contributed by atoms with Crippen LogP contribution in [0.5, 0.6) is 0 Å². The van der Waals surface area contributed by atoms with Crippen LogP contribution in [0, 0.1) is 0 Å². The van der Waals surface area contributed by atoms with Crippen molar-refractivity contribution in [3.05, 3.63) is 34.3 Å². The number of halogens is 1. The molecule has 19 heavy (non-hydrogen) atoms. The smallest absolute Gasteiger partial charge is 0.405 e. The molecule has 1 atom stereocenters. The number of carbonyl (C=O) groups excluding carboxylic acids is 2. The maximum absolute atomic E-state index is 11.2. The zero-order chi connectivity index (χ0) is 14.8. The molecule has 5 nitrogen and oxygen atoms in total. The molecule has 0 bridgehead atoms. The molecule has 0 aliphatic heterocycles. The molecule has 106 valence electrons. The van der Waals surface area contributed by atoms with Gasteiger partial charge in [0.2, 0.25) is 0 Å². The zero-order valence-corrected chi connectivity index (χ0v) is 12.8. The molecule has 1 unspecified atom stereocenters. The van der Waals surface area contributed by atoms with Crippen molar-refractivity contribution in [3.8, 4) is 0 Å². The second-order valence-electron chi connectivity index (χ2n) is 3.26. The molecule has 0 heterocycles. The monoisotopic (exact) mass is 331 g/mol. The number of benzene rings is 1. The van der Waals surface area contributed by atoms with E-state index in [2.05, 4.69) is 20.7 Å². The Morgan fingerprint density at radius 3 is 2.21 bits per heavy atom. The third kappa shape index (κ3) is 6.81. The predicted molar refractivity (Wildman–Crippen MR) is 75.5 cm³/mol. The van der Waals surface area contributed by atoms with Crippen LogP contribution in [0.3, 0.4) is 0 Å². The molecule has 0 spiro atoms. The van der Waals surface area contributed by atoms with Gasteiger partial charge in [-0.15, -0.1) is 0 Å². The number of carbonyl (C=O) groups is 2. The van der Waals surface area contributed by atoms with Gasteiger partial charge >= 0.3 is 12.1 Å². The lowest BCUT2D eigenvalue weighted by Gasteiger charge is -2.15. The molecule has 0 radical (unpaired) electrons. The van der Waals surface area contributed by atoms with Crippen molar-refractivity contribution >= 4 is 28.0 Å². The van der Waals surface area contributed by atoms with E-state index in [-0.39, 0.29) is 6.42 Å². The number of nitrogens with two attached hydrogens (primary N) is 1. The van der Waals surface area contributed by atoms with Crippen LogP contribution in [-0.2, 0) is 14.3 Å². The van der Waals surface area contributed by atoms with Gasteiger partial charge in [-0.1, -0.05) is 41.9 Å². The largest absolute Gasteiger partial charge is 0.469 e. The Hall–Kier alpha value is -1.56. The molecule has 6 heteroatoms. The van der Waals surface area contributed by atoms with Crippen molar-refractivity contribution in [2.75, 3.05) is 7.11 Å².